The Kier molecular flexibility index (Phi) is 6.29. The molecule has 1 aromatic carbocycles. The fourth-order valence-electron chi connectivity index (χ4n) is 2.05. The van der Waals surface area contributed by atoms with Gasteiger partial charge >= 0.3 is 0 Å². The van der Waals surface area contributed by atoms with Crippen LogP contribution in [0, 0.1) is 12.8 Å². The Bertz CT molecular complexity index is 528. The van der Waals surface area contributed by atoms with E-state index in [4.69, 9.17) is 14.6 Å². The first-order valence-electron chi connectivity index (χ1n) is 6.63. The van der Waals surface area contributed by atoms with Crippen LogP contribution in [0.25, 0.3) is 0 Å². The summed E-state index contributed by atoms with van der Waals surface area (Å²) in [5.74, 6) is 1.10. The van der Waals surface area contributed by atoms with E-state index in [-0.39, 0.29) is 11.7 Å². The summed E-state index contributed by atoms with van der Waals surface area (Å²) in [7, 11) is -1.90. The van der Waals surface area contributed by atoms with Crippen molar-refractivity contribution in [3.05, 3.63) is 23.8 Å². The van der Waals surface area contributed by atoms with Gasteiger partial charge in [0.15, 0.2) is 11.5 Å². The molecule has 0 bridgehead atoms. The van der Waals surface area contributed by atoms with Crippen LogP contribution >= 0.6 is 0 Å². The van der Waals surface area contributed by atoms with E-state index >= 15 is 0 Å². The molecule has 20 heavy (non-hydrogen) atoms. The van der Waals surface area contributed by atoms with Gasteiger partial charge in [0.1, 0.15) is 0 Å². The average molecular weight is 301 g/mol. The molecule has 0 aliphatic heterocycles. The van der Waals surface area contributed by atoms with Crippen LogP contribution in [0.3, 0.4) is 0 Å². The van der Waals surface area contributed by atoms with Crippen LogP contribution in [0.2, 0.25) is 0 Å². The predicted octanol–water partition coefficient (Wildman–Crippen LogP) is 2.09. The molecule has 0 saturated carbocycles. The van der Waals surface area contributed by atoms with Gasteiger partial charge in [-0.2, -0.15) is 0 Å². The molecular formula is C14H23NO4S. The Morgan fingerprint density at radius 3 is 2.55 bits per heavy atom. The maximum Gasteiger partial charge on any atom is 0.209 e. The van der Waals surface area contributed by atoms with Crippen LogP contribution in [-0.4, -0.2) is 27.9 Å². The zero-order valence-electron chi connectivity index (χ0n) is 12.3. The topological polar surface area (TPSA) is 78.6 Å². The standard InChI is InChI=1S/C14H23NO4S/c1-4-5-12(10-20(15,16)17)9-19-13-7-6-11(2)8-14(13)18-3/h6-8,12H,4-5,9-10H2,1-3H3,(H2,15,16,17). The summed E-state index contributed by atoms with van der Waals surface area (Å²) in [5, 5.41) is 5.10. The summed E-state index contributed by atoms with van der Waals surface area (Å²) in [4.78, 5) is 0. The lowest BCUT2D eigenvalue weighted by molar-refractivity contribution is 0.241. The van der Waals surface area contributed by atoms with Crippen LogP contribution in [0.5, 0.6) is 11.5 Å². The Morgan fingerprint density at radius 1 is 1.30 bits per heavy atom. The molecular weight excluding hydrogens is 278 g/mol. The molecule has 0 heterocycles. The van der Waals surface area contributed by atoms with Crippen molar-refractivity contribution in [3.63, 3.8) is 0 Å². The van der Waals surface area contributed by atoms with Crippen molar-refractivity contribution < 1.29 is 17.9 Å². The molecule has 5 nitrogen and oxygen atoms in total. The van der Waals surface area contributed by atoms with E-state index in [1.54, 1.807) is 7.11 Å². The maximum atomic E-state index is 11.2. The molecule has 0 radical (unpaired) electrons. The zero-order chi connectivity index (χ0) is 15.2. The number of sulfonamides is 1. The molecule has 2 N–H and O–H groups in total. The Labute approximate surface area is 121 Å². The van der Waals surface area contributed by atoms with Gasteiger partial charge in [0.25, 0.3) is 0 Å². The van der Waals surface area contributed by atoms with E-state index in [2.05, 4.69) is 0 Å². The van der Waals surface area contributed by atoms with Gasteiger partial charge in [-0.15, -0.1) is 0 Å². The van der Waals surface area contributed by atoms with Gasteiger partial charge in [-0.05, 0) is 31.0 Å². The van der Waals surface area contributed by atoms with Crippen molar-refractivity contribution in [2.24, 2.45) is 11.1 Å². The highest BCUT2D eigenvalue weighted by molar-refractivity contribution is 7.89. The molecule has 0 aliphatic carbocycles. The van der Waals surface area contributed by atoms with Gasteiger partial charge in [-0.25, -0.2) is 13.6 Å². The molecule has 0 spiro atoms. The van der Waals surface area contributed by atoms with E-state index < -0.39 is 10.0 Å². The van der Waals surface area contributed by atoms with Crippen molar-refractivity contribution in [3.8, 4) is 11.5 Å². The molecule has 1 rings (SSSR count). The highest BCUT2D eigenvalue weighted by atomic mass is 32.2. The van der Waals surface area contributed by atoms with Crippen molar-refractivity contribution in [1.29, 1.82) is 0 Å². The van der Waals surface area contributed by atoms with Crippen molar-refractivity contribution in [2.45, 2.75) is 26.7 Å². The summed E-state index contributed by atoms with van der Waals surface area (Å²) in [6.45, 7) is 4.28. The number of hydrogen-bond donors (Lipinski definition) is 1. The molecule has 0 aliphatic rings. The summed E-state index contributed by atoms with van der Waals surface area (Å²) in [6.07, 6.45) is 1.64. The van der Waals surface area contributed by atoms with E-state index in [0.29, 0.717) is 18.1 Å². The molecule has 1 atom stereocenters. The molecule has 1 unspecified atom stereocenters. The van der Waals surface area contributed by atoms with Gasteiger partial charge in [-0.1, -0.05) is 19.4 Å². The number of methoxy groups -OCH3 is 1. The maximum absolute atomic E-state index is 11.2. The second-order valence-corrected chi connectivity index (χ2v) is 6.61. The quantitative estimate of drug-likeness (QED) is 0.797. The number of ether oxygens (including phenoxy) is 2. The first kappa shape index (κ1) is 16.8. The lowest BCUT2D eigenvalue weighted by Crippen LogP contribution is -2.27. The van der Waals surface area contributed by atoms with Crippen molar-refractivity contribution in [2.75, 3.05) is 19.5 Å². The molecule has 0 fully saturated rings. The Hall–Kier alpha value is -1.27. The summed E-state index contributed by atoms with van der Waals surface area (Å²) >= 11 is 0. The molecule has 0 amide bonds. The average Bonchev–Trinajstić information content (AvgIpc) is 2.35. The summed E-state index contributed by atoms with van der Waals surface area (Å²) < 4.78 is 33.3. The first-order chi connectivity index (χ1) is 9.35. The van der Waals surface area contributed by atoms with Crippen LogP contribution in [-0.2, 0) is 10.0 Å². The van der Waals surface area contributed by atoms with Crippen LogP contribution in [0.1, 0.15) is 25.3 Å². The van der Waals surface area contributed by atoms with E-state index in [1.165, 1.54) is 0 Å². The van der Waals surface area contributed by atoms with E-state index in [0.717, 1.165) is 18.4 Å². The number of aryl methyl sites for hydroxylation is 1. The Balaban J connectivity index is 2.72. The molecule has 0 saturated heterocycles. The number of hydrogen-bond acceptors (Lipinski definition) is 4. The minimum absolute atomic E-state index is 0.0605. The van der Waals surface area contributed by atoms with Crippen molar-refractivity contribution >= 4 is 10.0 Å². The third-order valence-corrected chi connectivity index (χ3v) is 3.89. The summed E-state index contributed by atoms with van der Waals surface area (Å²) in [5.41, 5.74) is 1.07. The third-order valence-electron chi connectivity index (χ3n) is 2.96. The normalized spacial score (nSPS) is 13.0. The largest absolute Gasteiger partial charge is 0.493 e. The Morgan fingerprint density at radius 2 is 2.00 bits per heavy atom. The van der Waals surface area contributed by atoms with Gasteiger partial charge in [0.05, 0.1) is 19.5 Å². The van der Waals surface area contributed by atoms with Gasteiger partial charge in [0, 0.05) is 5.92 Å². The molecule has 1 aromatic rings. The fraction of sp³-hybridized carbons (Fsp3) is 0.571. The second-order valence-electron chi connectivity index (χ2n) is 4.95. The summed E-state index contributed by atoms with van der Waals surface area (Å²) in [6, 6.07) is 5.63. The smallest absolute Gasteiger partial charge is 0.209 e. The number of benzene rings is 1. The van der Waals surface area contributed by atoms with Crippen LogP contribution in [0.4, 0.5) is 0 Å². The highest BCUT2D eigenvalue weighted by Crippen LogP contribution is 2.28. The van der Waals surface area contributed by atoms with E-state index in [9.17, 15) is 8.42 Å². The second kappa shape index (κ2) is 7.50. The molecule has 0 aromatic heterocycles. The van der Waals surface area contributed by atoms with E-state index in [1.807, 2.05) is 32.0 Å². The minimum Gasteiger partial charge on any atom is -0.493 e. The number of rotatable bonds is 8. The van der Waals surface area contributed by atoms with Gasteiger partial charge in [-0.3, -0.25) is 0 Å². The molecule has 6 heteroatoms. The van der Waals surface area contributed by atoms with Crippen molar-refractivity contribution in [1.82, 2.24) is 0 Å². The SMILES string of the molecule is CCCC(COc1ccc(C)cc1OC)CS(N)(=O)=O. The monoisotopic (exact) mass is 301 g/mol. The lowest BCUT2D eigenvalue weighted by atomic mass is 10.1. The fourth-order valence-corrected chi connectivity index (χ4v) is 2.97. The van der Waals surface area contributed by atoms with Crippen LogP contribution < -0.4 is 14.6 Å². The lowest BCUT2D eigenvalue weighted by Gasteiger charge is -2.17. The predicted molar refractivity (Wildman–Crippen MR) is 79.6 cm³/mol. The van der Waals surface area contributed by atoms with Gasteiger partial charge < -0.3 is 9.47 Å². The third kappa shape index (κ3) is 5.79. The van der Waals surface area contributed by atoms with Crippen LogP contribution in [0.15, 0.2) is 18.2 Å². The molecule has 114 valence electrons. The number of primary sulfonamides is 1. The number of nitrogens with two attached hydrogens (primary N) is 1. The highest BCUT2D eigenvalue weighted by Gasteiger charge is 2.17. The minimum atomic E-state index is -3.48. The van der Waals surface area contributed by atoms with Gasteiger partial charge in [0.2, 0.25) is 10.0 Å². The first-order valence-corrected chi connectivity index (χ1v) is 8.35. The zero-order valence-corrected chi connectivity index (χ0v) is 13.1.